The molecule has 110 valence electrons. The number of hydrogen-bond donors (Lipinski definition) is 1. The molecule has 1 aliphatic heterocycles. The number of fused-ring (bicyclic) bond motifs is 1. The molecule has 2 aliphatic rings. The SMILES string of the molecule is COc1ccc2c(c1)C(N)CC(C1CCCCCC1)O2. The van der Waals surface area contributed by atoms with Crippen molar-refractivity contribution < 1.29 is 9.47 Å². The van der Waals surface area contributed by atoms with Crippen molar-refractivity contribution in [1.82, 2.24) is 0 Å². The van der Waals surface area contributed by atoms with Crippen LogP contribution in [0.3, 0.4) is 0 Å². The third-order valence-electron chi connectivity index (χ3n) is 4.81. The molecule has 3 nitrogen and oxygen atoms in total. The van der Waals surface area contributed by atoms with Crippen molar-refractivity contribution in [3.05, 3.63) is 23.8 Å². The summed E-state index contributed by atoms with van der Waals surface area (Å²) in [5, 5.41) is 0. The first-order valence-corrected chi connectivity index (χ1v) is 7.88. The minimum atomic E-state index is 0.0714. The molecule has 2 unspecified atom stereocenters. The zero-order chi connectivity index (χ0) is 13.9. The van der Waals surface area contributed by atoms with E-state index in [1.165, 1.54) is 38.5 Å². The smallest absolute Gasteiger partial charge is 0.124 e. The number of nitrogens with two attached hydrogens (primary N) is 1. The molecule has 0 amide bonds. The van der Waals surface area contributed by atoms with E-state index in [0.29, 0.717) is 12.0 Å². The number of hydrogen-bond acceptors (Lipinski definition) is 3. The molecule has 2 N–H and O–H groups in total. The molecule has 0 radical (unpaired) electrons. The van der Waals surface area contributed by atoms with Crippen molar-refractivity contribution in [3.8, 4) is 11.5 Å². The lowest BCUT2D eigenvalue weighted by Crippen LogP contribution is -2.35. The lowest BCUT2D eigenvalue weighted by atomic mass is 9.86. The molecule has 2 atom stereocenters. The van der Waals surface area contributed by atoms with Crippen molar-refractivity contribution in [3.63, 3.8) is 0 Å². The van der Waals surface area contributed by atoms with Crippen LogP contribution < -0.4 is 15.2 Å². The molecule has 1 aliphatic carbocycles. The molecule has 3 rings (SSSR count). The molecule has 1 heterocycles. The largest absolute Gasteiger partial charge is 0.497 e. The summed E-state index contributed by atoms with van der Waals surface area (Å²) in [6.07, 6.45) is 9.26. The summed E-state index contributed by atoms with van der Waals surface area (Å²) >= 11 is 0. The highest BCUT2D eigenvalue weighted by Crippen LogP contribution is 2.40. The molecule has 0 bridgehead atoms. The monoisotopic (exact) mass is 275 g/mol. The summed E-state index contributed by atoms with van der Waals surface area (Å²) < 4.78 is 11.5. The highest BCUT2D eigenvalue weighted by atomic mass is 16.5. The average molecular weight is 275 g/mol. The second kappa shape index (κ2) is 6.04. The standard InChI is InChI=1S/C17H25NO2/c1-19-13-8-9-16-14(10-13)15(18)11-17(20-16)12-6-4-2-3-5-7-12/h8-10,12,15,17H,2-7,11,18H2,1H3. The summed E-state index contributed by atoms with van der Waals surface area (Å²) in [6.45, 7) is 0. The Morgan fingerprint density at radius 1 is 1.15 bits per heavy atom. The van der Waals surface area contributed by atoms with Gasteiger partial charge in [0.25, 0.3) is 0 Å². The van der Waals surface area contributed by atoms with Gasteiger partial charge in [0.05, 0.1) is 7.11 Å². The van der Waals surface area contributed by atoms with Crippen LogP contribution >= 0.6 is 0 Å². The van der Waals surface area contributed by atoms with Gasteiger partial charge >= 0.3 is 0 Å². The molecule has 0 aromatic heterocycles. The summed E-state index contributed by atoms with van der Waals surface area (Å²) in [7, 11) is 1.69. The van der Waals surface area contributed by atoms with E-state index in [-0.39, 0.29) is 6.04 Å². The predicted molar refractivity (Wildman–Crippen MR) is 80.1 cm³/mol. The number of methoxy groups -OCH3 is 1. The van der Waals surface area contributed by atoms with Gasteiger partial charge in [0.15, 0.2) is 0 Å². The van der Waals surface area contributed by atoms with E-state index in [4.69, 9.17) is 15.2 Å². The van der Waals surface area contributed by atoms with Crippen molar-refractivity contribution in [1.29, 1.82) is 0 Å². The Hall–Kier alpha value is -1.22. The molecule has 3 heteroatoms. The Bertz CT molecular complexity index is 452. The third kappa shape index (κ3) is 2.78. The van der Waals surface area contributed by atoms with Crippen molar-refractivity contribution in [2.75, 3.05) is 7.11 Å². The lowest BCUT2D eigenvalue weighted by molar-refractivity contribution is 0.0904. The Labute approximate surface area is 121 Å². The Morgan fingerprint density at radius 2 is 1.90 bits per heavy atom. The maximum absolute atomic E-state index is 6.37. The quantitative estimate of drug-likeness (QED) is 0.835. The van der Waals surface area contributed by atoms with Gasteiger partial charge in [-0.3, -0.25) is 0 Å². The first-order chi connectivity index (χ1) is 9.78. The van der Waals surface area contributed by atoms with Gasteiger partial charge in [-0.15, -0.1) is 0 Å². The first-order valence-electron chi connectivity index (χ1n) is 7.88. The highest BCUT2D eigenvalue weighted by Gasteiger charge is 2.32. The van der Waals surface area contributed by atoms with Gasteiger partial charge in [-0.05, 0) is 37.0 Å². The fourth-order valence-electron chi connectivity index (χ4n) is 3.61. The van der Waals surface area contributed by atoms with E-state index >= 15 is 0 Å². The Morgan fingerprint density at radius 3 is 2.60 bits per heavy atom. The number of rotatable bonds is 2. The Kier molecular flexibility index (Phi) is 4.16. The molecular weight excluding hydrogens is 250 g/mol. The van der Waals surface area contributed by atoms with Gasteiger partial charge in [0.1, 0.15) is 17.6 Å². The highest BCUT2D eigenvalue weighted by molar-refractivity contribution is 5.43. The van der Waals surface area contributed by atoms with Gasteiger partial charge in [0.2, 0.25) is 0 Å². The van der Waals surface area contributed by atoms with Crippen LogP contribution in [0.5, 0.6) is 11.5 Å². The van der Waals surface area contributed by atoms with Crippen LogP contribution in [0.15, 0.2) is 18.2 Å². The van der Waals surface area contributed by atoms with Crippen molar-refractivity contribution >= 4 is 0 Å². The topological polar surface area (TPSA) is 44.5 Å². The van der Waals surface area contributed by atoms with E-state index in [2.05, 4.69) is 0 Å². The molecule has 0 saturated heterocycles. The van der Waals surface area contributed by atoms with Crippen molar-refractivity contribution in [2.45, 2.75) is 57.1 Å². The van der Waals surface area contributed by atoms with E-state index in [1.807, 2.05) is 18.2 Å². The second-order valence-corrected chi connectivity index (χ2v) is 6.15. The first kappa shape index (κ1) is 13.7. The number of ether oxygens (including phenoxy) is 2. The summed E-state index contributed by atoms with van der Waals surface area (Å²) in [6, 6.07) is 6.06. The van der Waals surface area contributed by atoms with Gasteiger partial charge in [-0.25, -0.2) is 0 Å². The zero-order valence-corrected chi connectivity index (χ0v) is 12.3. The van der Waals surface area contributed by atoms with Gasteiger partial charge in [-0.2, -0.15) is 0 Å². The maximum Gasteiger partial charge on any atom is 0.124 e. The fraction of sp³-hybridized carbons (Fsp3) is 0.647. The summed E-state index contributed by atoms with van der Waals surface area (Å²) in [5.41, 5.74) is 7.46. The average Bonchev–Trinajstić information content (AvgIpc) is 2.76. The molecule has 20 heavy (non-hydrogen) atoms. The van der Waals surface area contributed by atoms with E-state index in [9.17, 15) is 0 Å². The third-order valence-corrected chi connectivity index (χ3v) is 4.81. The van der Waals surface area contributed by atoms with E-state index in [0.717, 1.165) is 23.5 Å². The zero-order valence-electron chi connectivity index (χ0n) is 12.3. The summed E-state index contributed by atoms with van der Waals surface area (Å²) in [4.78, 5) is 0. The van der Waals surface area contributed by atoms with Crippen LogP contribution in [-0.2, 0) is 0 Å². The summed E-state index contributed by atoms with van der Waals surface area (Å²) in [5.74, 6) is 2.49. The number of benzene rings is 1. The second-order valence-electron chi connectivity index (χ2n) is 6.15. The van der Waals surface area contributed by atoms with Crippen LogP contribution in [0.4, 0.5) is 0 Å². The molecular formula is C17H25NO2. The molecule has 0 spiro atoms. The minimum Gasteiger partial charge on any atom is -0.497 e. The maximum atomic E-state index is 6.37. The van der Waals surface area contributed by atoms with Crippen LogP contribution in [0, 0.1) is 5.92 Å². The van der Waals surface area contributed by atoms with Gasteiger partial charge < -0.3 is 15.2 Å². The van der Waals surface area contributed by atoms with Crippen molar-refractivity contribution in [2.24, 2.45) is 11.7 Å². The van der Waals surface area contributed by atoms with E-state index < -0.39 is 0 Å². The predicted octanol–water partition coefficient (Wildman–Crippen LogP) is 3.82. The van der Waals surface area contributed by atoms with Crippen LogP contribution in [0.25, 0.3) is 0 Å². The fourth-order valence-corrected chi connectivity index (χ4v) is 3.61. The molecule has 1 saturated carbocycles. The van der Waals surface area contributed by atoms with Gasteiger partial charge in [-0.1, -0.05) is 25.7 Å². The molecule has 1 aromatic carbocycles. The van der Waals surface area contributed by atoms with Crippen LogP contribution in [0.2, 0.25) is 0 Å². The molecule has 1 aromatic rings. The minimum absolute atomic E-state index is 0.0714. The normalized spacial score (nSPS) is 27.3. The Balaban J connectivity index is 1.77. The van der Waals surface area contributed by atoms with Gasteiger partial charge in [0, 0.05) is 18.0 Å². The van der Waals surface area contributed by atoms with Crippen LogP contribution in [0.1, 0.15) is 56.6 Å². The molecule has 1 fully saturated rings. The van der Waals surface area contributed by atoms with E-state index in [1.54, 1.807) is 7.11 Å². The van der Waals surface area contributed by atoms with Crippen LogP contribution in [-0.4, -0.2) is 13.2 Å². The lowest BCUT2D eigenvalue weighted by Gasteiger charge is -2.35.